The number of piperidine rings is 1. The molecule has 0 aromatic rings. The number of hydrogen-bond donors (Lipinski definition) is 2. The van der Waals surface area contributed by atoms with Crippen molar-refractivity contribution >= 4 is 21.8 Å². The first-order valence-electron chi connectivity index (χ1n) is 4.99. The Kier molecular flexibility index (Phi) is 3.39. The molecule has 0 bridgehead atoms. The molecule has 6 nitrogen and oxygen atoms in total. The highest BCUT2D eigenvalue weighted by molar-refractivity contribution is 7.90. The van der Waals surface area contributed by atoms with Crippen molar-refractivity contribution in [2.75, 3.05) is 0 Å². The van der Waals surface area contributed by atoms with E-state index in [4.69, 9.17) is 0 Å². The van der Waals surface area contributed by atoms with Gasteiger partial charge in [0.15, 0.2) is 0 Å². The predicted octanol–water partition coefficient (Wildman–Crippen LogP) is -0.490. The highest BCUT2D eigenvalue weighted by Gasteiger charge is 2.35. The molecular weight excluding hydrogens is 232 g/mol. The molecule has 0 saturated carbocycles. The van der Waals surface area contributed by atoms with Gasteiger partial charge in [-0.05, 0) is 27.2 Å². The van der Waals surface area contributed by atoms with E-state index in [1.54, 1.807) is 20.8 Å². The lowest BCUT2D eigenvalue weighted by molar-refractivity contribution is -0.134. The zero-order valence-electron chi connectivity index (χ0n) is 9.53. The molecule has 7 heteroatoms. The molecular formula is C9H16N2O4S. The average Bonchev–Trinajstić information content (AvgIpc) is 2.08. The van der Waals surface area contributed by atoms with Gasteiger partial charge in [-0.2, -0.15) is 0 Å². The summed E-state index contributed by atoms with van der Waals surface area (Å²) in [4.78, 5) is 22.2. The Morgan fingerprint density at radius 1 is 1.31 bits per heavy atom. The molecule has 1 aliphatic rings. The Morgan fingerprint density at radius 3 is 2.31 bits per heavy atom. The summed E-state index contributed by atoms with van der Waals surface area (Å²) >= 11 is 0. The van der Waals surface area contributed by atoms with Gasteiger partial charge < -0.3 is 0 Å². The van der Waals surface area contributed by atoms with Crippen molar-refractivity contribution in [2.24, 2.45) is 0 Å². The quantitative estimate of drug-likeness (QED) is 0.645. The van der Waals surface area contributed by atoms with Crippen LogP contribution in [-0.4, -0.2) is 31.0 Å². The maximum absolute atomic E-state index is 11.8. The third-order valence-electron chi connectivity index (χ3n) is 2.34. The standard InChI is InChI=1S/C9H16N2O4S/c1-9(2,3)16(14,15)11-6-4-5-7(12)10-8(6)13/h6,11H,4-5H2,1-3H3,(H,10,12,13). The molecule has 2 amide bonds. The third kappa shape index (κ3) is 2.79. The molecule has 0 aliphatic carbocycles. The fourth-order valence-electron chi connectivity index (χ4n) is 1.17. The normalized spacial score (nSPS) is 23.1. The van der Waals surface area contributed by atoms with E-state index in [1.807, 2.05) is 0 Å². The number of hydrogen-bond acceptors (Lipinski definition) is 4. The van der Waals surface area contributed by atoms with Crippen LogP contribution in [0.5, 0.6) is 0 Å². The molecule has 1 rings (SSSR count). The van der Waals surface area contributed by atoms with E-state index in [2.05, 4.69) is 10.0 Å². The van der Waals surface area contributed by atoms with Gasteiger partial charge in [-0.25, -0.2) is 13.1 Å². The Bertz CT molecular complexity index is 408. The van der Waals surface area contributed by atoms with E-state index in [-0.39, 0.29) is 18.7 Å². The van der Waals surface area contributed by atoms with Gasteiger partial charge in [0.1, 0.15) is 6.04 Å². The molecule has 92 valence electrons. The Morgan fingerprint density at radius 2 is 1.88 bits per heavy atom. The van der Waals surface area contributed by atoms with Gasteiger partial charge >= 0.3 is 0 Å². The Hall–Kier alpha value is -0.950. The van der Waals surface area contributed by atoms with Gasteiger partial charge in [0.25, 0.3) is 0 Å². The zero-order chi connectivity index (χ0) is 12.6. The van der Waals surface area contributed by atoms with Gasteiger partial charge in [0.05, 0.1) is 4.75 Å². The van der Waals surface area contributed by atoms with Gasteiger partial charge in [-0.1, -0.05) is 0 Å². The van der Waals surface area contributed by atoms with Crippen LogP contribution in [0, 0.1) is 0 Å². The van der Waals surface area contributed by atoms with Crippen LogP contribution in [0.1, 0.15) is 33.6 Å². The highest BCUT2D eigenvalue weighted by Crippen LogP contribution is 2.15. The molecule has 1 saturated heterocycles. The first kappa shape index (κ1) is 13.1. The van der Waals surface area contributed by atoms with E-state index in [0.29, 0.717) is 0 Å². The summed E-state index contributed by atoms with van der Waals surface area (Å²) in [6, 6.07) is -0.845. The van der Waals surface area contributed by atoms with E-state index >= 15 is 0 Å². The lowest BCUT2D eigenvalue weighted by atomic mass is 10.1. The maximum Gasteiger partial charge on any atom is 0.244 e. The summed E-state index contributed by atoms with van der Waals surface area (Å²) in [6.07, 6.45) is 0.364. The molecule has 2 N–H and O–H groups in total. The lowest BCUT2D eigenvalue weighted by Crippen LogP contribution is -2.55. The number of rotatable bonds is 2. The van der Waals surface area contributed by atoms with Gasteiger partial charge in [-0.15, -0.1) is 0 Å². The number of imide groups is 1. The summed E-state index contributed by atoms with van der Waals surface area (Å²) in [5.41, 5.74) is 0. The topological polar surface area (TPSA) is 92.3 Å². The number of carbonyl (C=O) groups excluding carboxylic acids is 2. The summed E-state index contributed by atoms with van der Waals surface area (Å²) in [6.45, 7) is 4.63. The van der Waals surface area contributed by atoms with Crippen molar-refractivity contribution < 1.29 is 18.0 Å². The van der Waals surface area contributed by atoms with Crippen molar-refractivity contribution in [1.29, 1.82) is 0 Å². The van der Waals surface area contributed by atoms with Crippen LogP contribution in [-0.2, 0) is 19.6 Å². The second kappa shape index (κ2) is 4.14. The smallest absolute Gasteiger partial charge is 0.244 e. The molecule has 1 atom stereocenters. The summed E-state index contributed by atoms with van der Waals surface area (Å²) in [7, 11) is -3.57. The summed E-state index contributed by atoms with van der Waals surface area (Å²) in [5, 5.41) is 2.10. The molecule has 0 aromatic heterocycles. The second-order valence-electron chi connectivity index (χ2n) is 4.74. The molecule has 1 unspecified atom stereocenters. The van der Waals surface area contributed by atoms with Crippen LogP contribution in [0.2, 0.25) is 0 Å². The minimum atomic E-state index is -3.57. The lowest BCUT2D eigenvalue weighted by Gasteiger charge is -2.26. The molecule has 1 heterocycles. The minimum Gasteiger partial charge on any atom is -0.295 e. The van der Waals surface area contributed by atoms with E-state index in [9.17, 15) is 18.0 Å². The number of nitrogens with one attached hydrogen (secondary N) is 2. The summed E-state index contributed by atoms with van der Waals surface area (Å²) < 4.78 is 24.9. The van der Waals surface area contributed by atoms with Crippen LogP contribution in [0.3, 0.4) is 0 Å². The fourth-order valence-corrected chi connectivity index (χ4v) is 2.12. The van der Waals surface area contributed by atoms with Crippen molar-refractivity contribution in [3.63, 3.8) is 0 Å². The largest absolute Gasteiger partial charge is 0.295 e. The third-order valence-corrected chi connectivity index (χ3v) is 4.55. The minimum absolute atomic E-state index is 0.156. The molecule has 16 heavy (non-hydrogen) atoms. The Balaban J connectivity index is 2.76. The van der Waals surface area contributed by atoms with Gasteiger partial charge in [0, 0.05) is 6.42 Å². The monoisotopic (exact) mass is 248 g/mol. The molecule has 1 aliphatic heterocycles. The molecule has 1 fully saturated rings. The van der Waals surface area contributed by atoms with Crippen molar-refractivity contribution in [3.8, 4) is 0 Å². The molecule has 0 spiro atoms. The van der Waals surface area contributed by atoms with E-state index in [0.717, 1.165) is 0 Å². The highest BCUT2D eigenvalue weighted by atomic mass is 32.2. The zero-order valence-corrected chi connectivity index (χ0v) is 10.3. The molecule has 0 aromatic carbocycles. The van der Waals surface area contributed by atoms with Crippen molar-refractivity contribution in [3.05, 3.63) is 0 Å². The fraction of sp³-hybridized carbons (Fsp3) is 0.778. The summed E-state index contributed by atoms with van der Waals surface area (Å²) in [5.74, 6) is -0.944. The van der Waals surface area contributed by atoms with Gasteiger partial charge in [0.2, 0.25) is 21.8 Å². The number of carbonyl (C=O) groups is 2. The maximum atomic E-state index is 11.8. The average molecular weight is 248 g/mol. The molecule has 0 radical (unpaired) electrons. The van der Waals surface area contributed by atoms with Crippen LogP contribution >= 0.6 is 0 Å². The first-order chi connectivity index (χ1) is 7.13. The van der Waals surface area contributed by atoms with Crippen LogP contribution < -0.4 is 10.0 Å². The van der Waals surface area contributed by atoms with Crippen LogP contribution in [0.15, 0.2) is 0 Å². The Labute approximate surface area is 94.8 Å². The van der Waals surface area contributed by atoms with Crippen molar-refractivity contribution in [2.45, 2.75) is 44.4 Å². The second-order valence-corrected chi connectivity index (χ2v) is 7.20. The van der Waals surface area contributed by atoms with Crippen molar-refractivity contribution in [1.82, 2.24) is 10.0 Å². The van der Waals surface area contributed by atoms with Gasteiger partial charge in [-0.3, -0.25) is 14.9 Å². The predicted molar refractivity (Wildman–Crippen MR) is 58.0 cm³/mol. The SMILES string of the molecule is CC(C)(C)S(=O)(=O)NC1CCC(=O)NC1=O. The van der Waals surface area contributed by atoms with Crippen LogP contribution in [0.4, 0.5) is 0 Å². The number of amides is 2. The first-order valence-corrected chi connectivity index (χ1v) is 6.47. The van der Waals surface area contributed by atoms with E-state index < -0.39 is 26.7 Å². The van der Waals surface area contributed by atoms with Crippen LogP contribution in [0.25, 0.3) is 0 Å². The number of sulfonamides is 1. The van der Waals surface area contributed by atoms with E-state index in [1.165, 1.54) is 0 Å².